The summed E-state index contributed by atoms with van der Waals surface area (Å²) in [7, 11) is 0. The van der Waals surface area contributed by atoms with Gasteiger partial charge in [-0.05, 0) is 56.5 Å². The van der Waals surface area contributed by atoms with Gasteiger partial charge in [0.2, 0.25) is 5.91 Å². The molecule has 1 fully saturated rings. The largest absolute Gasteiger partial charge is 0.494 e. The number of nitrogens with zero attached hydrogens (tertiary/aromatic N) is 1. The van der Waals surface area contributed by atoms with Crippen molar-refractivity contribution in [2.75, 3.05) is 19.7 Å². The summed E-state index contributed by atoms with van der Waals surface area (Å²) in [5.74, 6) is 0.0471. The Morgan fingerprint density at radius 2 is 2.00 bits per heavy atom. The molecule has 0 aliphatic carbocycles. The lowest BCUT2D eigenvalue weighted by atomic mass is 10.2. The van der Waals surface area contributed by atoms with Gasteiger partial charge in [-0.1, -0.05) is 12.1 Å². The second kappa shape index (κ2) is 9.93. The van der Waals surface area contributed by atoms with E-state index in [2.05, 4.69) is 21.9 Å². The maximum absolute atomic E-state index is 11.3. The first kappa shape index (κ1) is 18.3. The first-order chi connectivity index (χ1) is 11.6. The zero-order valence-corrected chi connectivity index (χ0v) is 14.3. The van der Waals surface area contributed by atoms with E-state index in [9.17, 15) is 9.59 Å². The smallest absolute Gasteiger partial charge is 0.332 e. The molecular formula is C18H26N2O4. The van der Waals surface area contributed by atoms with Crippen molar-refractivity contribution in [1.29, 1.82) is 0 Å². The molecule has 0 bridgehead atoms. The highest BCUT2D eigenvalue weighted by molar-refractivity contribution is 5.75. The number of nitrogens with one attached hydrogen (secondary N) is 1. The van der Waals surface area contributed by atoms with E-state index in [0.717, 1.165) is 18.7 Å². The number of rotatable bonds is 8. The summed E-state index contributed by atoms with van der Waals surface area (Å²) in [6.07, 6.45) is 4.26. The van der Waals surface area contributed by atoms with E-state index in [-0.39, 0.29) is 12.3 Å². The molecule has 0 saturated carbocycles. The SMILES string of the molecule is CC(=O)NOC(=O)CCCCOc1cccc(CN2CCCC2)c1. The number of carbonyl (C=O) groups excluding carboxylic acids is 2. The fourth-order valence-corrected chi connectivity index (χ4v) is 2.67. The molecule has 2 rings (SSSR count). The molecule has 24 heavy (non-hydrogen) atoms. The molecular weight excluding hydrogens is 308 g/mol. The summed E-state index contributed by atoms with van der Waals surface area (Å²) in [4.78, 5) is 28.9. The zero-order chi connectivity index (χ0) is 17.2. The molecule has 1 aromatic carbocycles. The molecule has 0 unspecified atom stereocenters. The van der Waals surface area contributed by atoms with E-state index in [1.807, 2.05) is 17.6 Å². The minimum absolute atomic E-state index is 0.263. The van der Waals surface area contributed by atoms with Gasteiger partial charge in [0.05, 0.1) is 6.61 Å². The zero-order valence-electron chi connectivity index (χ0n) is 14.3. The number of unbranched alkanes of at least 4 members (excludes halogenated alkanes) is 1. The third-order valence-corrected chi connectivity index (χ3v) is 3.86. The van der Waals surface area contributed by atoms with Crippen LogP contribution >= 0.6 is 0 Å². The van der Waals surface area contributed by atoms with E-state index >= 15 is 0 Å². The van der Waals surface area contributed by atoms with Crippen LogP contribution < -0.4 is 10.2 Å². The van der Waals surface area contributed by atoms with Crippen LogP contribution in [-0.4, -0.2) is 36.5 Å². The predicted molar refractivity (Wildman–Crippen MR) is 90.2 cm³/mol. The van der Waals surface area contributed by atoms with E-state index in [1.165, 1.54) is 38.4 Å². The highest BCUT2D eigenvalue weighted by Crippen LogP contribution is 2.18. The quantitative estimate of drug-likeness (QED) is 0.584. The molecule has 6 heteroatoms. The maximum atomic E-state index is 11.3. The molecule has 1 aromatic rings. The van der Waals surface area contributed by atoms with Crippen molar-refractivity contribution >= 4 is 11.9 Å². The lowest BCUT2D eigenvalue weighted by Crippen LogP contribution is -2.24. The van der Waals surface area contributed by atoms with Crippen LogP contribution in [0.2, 0.25) is 0 Å². The van der Waals surface area contributed by atoms with Gasteiger partial charge in [0.25, 0.3) is 0 Å². The fraction of sp³-hybridized carbons (Fsp3) is 0.556. The maximum Gasteiger partial charge on any atom is 0.332 e. The van der Waals surface area contributed by atoms with Gasteiger partial charge in [-0.2, -0.15) is 5.48 Å². The number of ether oxygens (including phenoxy) is 1. The van der Waals surface area contributed by atoms with Crippen molar-refractivity contribution in [2.24, 2.45) is 0 Å². The molecule has 0 atom stereocenters. The topological polar surface area (TPSA) is 67.9 Å². The Morgan fingerprint density at radius 3 is 2.75 bits per heavy atom. The molecule has 132 valence electrons. The average Bonchev–Trinajstić information content (AvgIpc) is 3.06. The van der Waals surface area contributed by atoms with Gasteiger partial charge in [0, 0.05) is 19.9 Å². The molecule has 1 saturated heterocycles. The summed E-state index contributed by atoms with van der Waals surface area (Å²) in [6.45, 7) is 5.19. The van der Waals surface area contributed by atoms with Gasteiger partial charge in [-0.3, -0.25) is 9.69 Å². The Kier molecular flexibility index (Phi) is 7.55. The van der Waals surface area contributed by atoms with Gasteiger partial charge >= 0.3 is 5.97 Å². The van der Waals surface area contributed by atoms with Gasteiger partial charge in [-0.25, -0.2) is 4.79 Å². The number of likely N-dealkylation sites (tertiary alicyclic amines) is 1. The summed E-state index contributed by atoms with van der Waals surface area (Å²) in [5, 5.41) is 0. The predicted octanol–water partition coefficient (Wildman–Crippen LogP) is 2.43. The minimum atomic E-state index is -0.433. The monoisotopic (exact) mass is 334 g/mol. The van der Waals surface area contributed by atoms with Crippen LogP contribution in [0.1, 0.15) is 44.6 Å². The molecule has 6 nitrogen and oxygen atoms in total. The van der Waals surface area contributed by atoms with Crippen molar-refractivity contribution in [2.45, 2.75) is 45.6 Å². The number of hydrogen-bond donors (Lipinski definition) is 1. The first-order valence-electron chi connectivity index (χ1n) is 8.54. The van der Waals surface area contributed by atoms with Crippen LogP contribution in [0.15, 0.2) is 24.3 Å². The van der Waals surface area contributed by atoms with Crippen LogP contribution in [0.5, 0.6) is 5.75 Å². The molecule has 1 aliphatic rings. The van der Waals surface area contributed by atoms with E-state index < -0.39 is 5.97 Å². The average molecular weight is 334 g/mol. The van der Waals surface area contributed by atoms with Crippen molar-refractivity contribution < 1.29 is 19.2 Å². The lowest BCUT2D eigenvalue weighted by Gasteiger charge is -2.15. The van der Waals surface area contributed by atoms with Crippen molar-refractivity contribution in [3.63, 3.8) is 0 Å². The van der Waals surface area contributed by atoms with Crippen LogP contribution in [0, 0.1) is 0 Å². The molecule has 0 radical (unpaired) electrons. The van der Waals surface area contributed by atoms with Crippen LogP contribution in [-0.2, 0) is 21.0 Å². The standard InChI is InChI=1S/C18H26N2O4/c1-15(21)19-24-18(22)9-2-5-12-23-17-8-6-7-16(13-17)14-20-10-3-4-11-20/h6-8,13H,2-5,9-12,14H2,1H3,(H,19,21). The summed E-state index contributed by atoms with van der Waals surface area (Å²) >= 11 is 0. The Hall–Kier alpha value is -2.08. The minimum Gasteiger partial charge on any atom is -0.494 e. The molecule has 1 heterocycles. The lowest BCUT2D eigenvalue weighted by molar-refractivity contribution is -0.157. The normalized spacial score (nSPS) is 14.4. The molecule has 0 aromatic heterocycles. The third-order valence-electron chi connectivity index (χ3n) is 3.86. The first-order valence-corrected chi connectivity index (χ1v) is 8.54. The number of amides is 1. The highest BCUT2D eigenvalue weighted by atomic mass is 16.7. The van der Waals surface area contributed by atoms with Gasteiger partial charge in [0.1, 0.15) is 5.75 Å². The van der Waals surface area contributed by atoms with E-state index in [1.54, 1.807) is 0 Å². The van der Waals surface area contributed by atoms with E-state index in [0.29, 0.717) is 13.0 Å². The Bertz CT molecular complexity index is 542. The molecule has 0 spiro atoms. The van der Waals surface area contributed by atoms with Crippen molar-refractivity contribution in [3.05, 3.63) is 29.8 Å². The Balaban J connectivity index is 1.61. The van der Waals surface area contributed by atoms with Crippen LogP contribution in [0.3, 0.4) is 0 Å². The molecule has 1 N–H and O–H groups in total. The summed E-state index contributed by atoms with van der Waals surface area (Å²) in [6, 6.07) is 8.19. The van der Waals surface area contributed by atoms with Crippen LogP contribution in [0.4, 0.5) is 0 Å². The van der Waals surface area contributed by atoms with Crippen molar-refractivity contribution in [1.82, 2.24) is 10.4 Å². The fourth-order valence-electron chi connectivity index (χ4n) is 2.67. The molecule has 1 aliphatic heterocycles. The second-order valence-electron chi connectivity index (χ2n) is 6.07. The van der Waals surface area contributed by atoms with Crippen LogP contribution in [0.25, 0.3) is 0 Å². The van der Waals surface area contributed by atoms with Gasteiger partial charge < -0.3 is 9.57 Å². The number of hydrogen-bond acceptors (Lipinski definition) is 5. The Labute approximate surface area is 143 Å². The highest BCUT2D eigenvalue weighted by Gasteiger charge is 2.11. The Morgan fingerprint density at radius 1 is 1.21 bits per heavy atom. The molecule has 1 amide bonds. The van der Waals surface area contributed by atoms with Crippen molar-refractivity contribution in [3.8, 4) is 5.75 Å². The number of carbonyl (C=O) groups is 2. The van der Waals surface area contributed by atoms with Gasteiger partial charge in [-0.15, -0.1) is 0 Å². The number of benzene rings is 1. The summed E-state index contributed by atoms with van der Waals surface area (Å²) < 4.78 is 5.75. The summed E-state index contributed by atoms with van der Waals surface area (Å²) in [5.41, 5.74) is 3.30. The third kappa shape index (κ3) is 7.00. The number of hydroxylamine groups is 1. The second-order valence-corrected chi connectivity index (χ2v) is 6.07. The van der Waals surface area contributed by atoms with E-state index in [4.69, 9.17) is 4.74 Å². The van der Waals surface area contributed by atoms with Gasteiger partial charge in [0.15, 0.2) is 0 Å².